The van der Waals surface area contributed by atoms with Crippen LogP contribution in [0.2, 0.25) is 0 Å². The SMILES string of the molecule is COC(=O)/C(=C/NCC(OC)OC)C(C)=O. The molecule has 6 nitrogen and oxygen atoms in total. The van der Waals surface area contributed by atoms with Crippen LogP contribution in [0.4, 0.5) is 0 Å². The first-order chi connectivity index (χ1) is 7.56. The summed E-state index contributed by atoms with van der Waals surface area (Å²) in [4.78, 5) is 22.2. The maximum atomic E-state index is 11.2. The summed E-state index contributed by atoms with van der Waals surface area (Å²) < 4.78 is 14.3. The van der Waals surface area contributed by atoms with Crippen molar-refractivity contribution in [2.45, 2.75) is 13.2 Å². The third kappa shape index (κ3) is 4.90. The summed E-state index contributed by atoms with van der Waals surface area (Å²) in [7, 11) is 4.20. The summed E-state index contributed by atoms with van der Waals surface area (Å²) in [6, 6.07) is 0. The van der Waals surface area contributed by atoms with E-state index in [1.807, 2.05) is 0 Å². The fourth-order valence-corrected chi connectivity index (χ4v) is 0.934. The van der Waals surface area contributed by atoms with E-state index in [0.29, 0.717) is 6.54 Å². The van der Waals surface area contributed by atoms with Gasteiger partial charge in [-0.25, -0.2) is 4.79 Å². The number of ketones is 1. The van der Waals surface area contributed by atoms with Gasteiger partial charge in [0.15, 0.2) is 12.1 Å². The van der Waals surface area contributed by atoms with E-state index in [2.05, 4.69) is 10.1 Å². The molecule has 0 fully saturated rings. The largest absolute Gasteiger partial charge is 0.465 e. The van der Waals surface area contributed by atoms with Gasteiger partial charge in [0, 0.05) is 20.4 Å². The van der Waals surface area contributed by atoms with Gasteiger partial charge in [0.25, 0.3) is 0 Å². The molecular formula is C10H17NO5. The first-order valence-corrected chi connectivity index (χ1v) is 4.65. The third-order valence-corrected chi connectivity index (χ3v) is 1.84. The van der Waals surface area contributed by atoms with Crippen LogP contribution in [0.15, 0.2) is 11.8 Å². The molecule has 1 N–H and O–H groups in total. The number of carbonyl (C=O) groups is 2. The number of ether oxygens (including phenoxy) is 3. The van der Waals surface area contributed by atoms with Gasteiger partial charge in [-0.15, -0.1) is 0 Å². The minimum Gasteiger partial charge on any atom is -0.465 e. The fourth-order valence-electron chi connectivity index (χ4n) is 0.934. The van der Waals surface area contributed by atoms with Crippen molar-refractivity contribution in [3.05, 3.63) is 11.8 Å². The molecule has 0 saturated heterocycles. The molecule has 16 heavy (non-hydrogen) atoms. The highest BCUT2D eigenvalue weighted by molar-refractivity contribution is 6.16. The van der Waals surface area contributed by atoms with Gasteiger partial charge < -0.3 is 19.5 Å². The minimum absolute atomic E-state index is 0.0477. The Morgan fingerprint density at radius 3 is 2.19 bits per heavy atom. The molecular weight excluding hydrogens is 214 g/mol. The lowest BCUT2D eigenvalue weighted by Crippen LogP contribution is -2.28. The maximum absolute atomic E-state index is 11.2. The Balaban J connectivity index is 4.35. The van der Waals surface area contributed by atoms with Gasteiger partial charge >= 0.3 is 5.97 Å². The van der Waals surface area contributed by atoms with Crippen LogP contribution in [-0.4, -0.2) is 45.9 Å². The Labute approximate surface area is 94.5 Å². The van der Waals surface area contributed by atoms with Crippen molar-refractivity contribution in [1.29, 1.82) is 0 Å². The Kier molecular flexibility index (Phi) is 7.15. The summed E-state index contributed by atoms with van der Waals surface area (Å²) >= 11 is 0. The molecule has 0 amide bonds. The molecule has 0 aromatic heterocycles. The predicted octanol–water partition coefficient (Wildman–Crippen LogP) is -0.159. The number of Topliss-reactive ketones (excluding diaryl/α,β-unsaturated/α-hetero) is 1. The third-order valence-electron chi connectivity index (χ3n) is 1.84. The molecule has 0 radical (unpaired) electrons. The lowest BCUT2D eigenvalue weighted by atomic mass is 10.2. The highest BCUT2D eigenvalue weighted by atomic mass is 16.7. The van der Waals surface area contributed by atoms with E-state index in [1.165, 1.54) is 34.5 Å². The van der Waals surface area contributed by atoms with Crippen LogP contribution >= 0.6 is 0 Å². The van der Waals surface area contributed by atoms with Gasteiger partial charge in [0.05, 0.1) is 13.7 Å². The summed E-state index contributed by atoms with van der Waals surface area (Å²) in [6.45, 7) is 1.61. The van der Waals surface area contributed by atoms with Gasteiger partial charge in [0.2, 0.25) is 0 Å². The van der Waals surface area contributed by atoms with Crippen LogP contribution in [0.5, 0.6) is 0 Å². The monoisotopic (exact) mass is 231 g/mol. The van der Waals surface area contributed by atoms with E-state index in [9.17, 15) is 9.59 Å². The van der Waals surface area contributed by atoms with Gasteiger partial charge in [-0.05, 0) is 6.92 Å². The van der Waals surface area contributed by atoms with Crippen molar-refractivity contribution in [3.8, 4) is 0 Å². The van der Waals surface area contributed by atoms with Gasteiger partial charge in [-0.1, -0.05) is 0 Å². The average molecular weight is 231 g/mol. The van der Waals surface area contributed by atoms with Crippen LogP contribution in [0.1, 0.15) is 6.92 Å². The van der Waals surface area contributed by atoms with Crippen molar-refractivity contribution >= 4 is 11.8 Å². The Bertz CT molecular complexity index is 270. The summed E-state index contributed by atoms with van der Waals surface area (Å²) in [6.07, 6.45) is 0.848. The number of carbonyl (C=O) groups excluding carboxylic acids is 2. The number of hydrogen-bond acceptors (Lipinski definition) is 6. The van der Waals surface area contributed by atoms with Crippen molar-refractivity contribution < 1.29 is 23.8 Å². The highest BCUT2D eigenvalue weighted by Crippen LogP contribution is 1.98. The molecule has 0 unspecified atom stereocenters. The Hall–Kier alpha value is -1.40. The van der Waals surface area contributed by atoms with E-state index < -0.39 is 12.3 Å². The first-order valence-electron chi connectivity index (χ1n) is 4.65. The summed E-state index contributed by atoms with van der Waals surface area (Å²) in [5.74, 6) is -1.04. The standard InChI is InChI=1S/C10H17NO5/c1-7(12)8(10(13)16-4)5-11-6-9(14-2)15-3/h5,9,11H,6H2,1-4H3/b8-5+. The second-order valence-corrected chi connectivity index (χ2v) is 2.91. The topological polar surface area (TPSA) is 73.9 Å². The molecule has 0 heterocycles. The summed E-state index contributed by atoms with van der Waals surface area (Å²) in [5, 5.41) is 2.75. The van der Waals surface area contributed by atoms with Crippen LogP contribution in [0.3, 0.4) is 0 Å². The summed E-state index contributed by atoms with van der Waals surface area (Å²) in [5.41, 5.74) is -0.0477. The molecule has 0 aliphatic carbocycles. The van der Waals surface area contributed by atoms with Crippen LogP contribution < -0.4 is 5.32 Å². The number of nitrogens with one attached hydrogen (secondary N) is 1. The second kappa shape index (κ2) is 7.84. The van der Waals surface area contributed by atoms with Crippen LogP contribution in [-0.2, 0) is 23.8 Å². The zero-order valence-corrected chi connectivity index (χ0v) is 9.90. The lowest BCUT2D eigenvalue weighted by Gasteiger charge is -2.13. The molecule has 0 aromatic carbocycles. The molecule has 0 aliphatic heterocycles. The van der Waals surface area contributed by atoms with E-state index in [1.54, 1.807) is 0 Å². The van der Waals surface area contributed by atoms with E-state index in [0.717, 1.165) is 0 Å². The molecule has 0 rings (SSSR count). The molecule has 0 spiro atoms. The zero-order chi connectivity index (χ0) is 12.6. The highest BCUT2D eigenvalue weighted by Gasteiger charge is 2.14. The van der Waals surface area contributed by atoms with E-state index >= 15 is 0 Å². The molecule has 0 saturated carbocycles. The van der Waals surface area contributed by atoms with Crippen molar-refractivity contribution in [2.24, 2.45) is 0 Å². The molecule has 0 bridgehead atoms. The number of esters is 1. The number of rotatable bonds is 7. The first kappa shape index (κ1) is 14.6. The molecule has 0 aliphatic rings. The van der Waals surface area contributed by atoms with Crippen molar-refractivity contribution in [1.82, 2.24) is 5.32 Å². The van der Waals surface area contributed by atoms with Crippen LogP contribution in [0, 0.1) is 0 Å². The smallest absolute Gasteiger partial charge is 0.342 e. The van der Waals surface area contributed by atoms with Crippen LogP contribution in [0.25, 0.3) is 0 Å². The Morgan fingerprint density at radius 1 is 1.25 bits per heavy atom. The van der Waals surface area contributed by atoms with Gasteiger partial charge in [-0.3, -0.25) is 4.79 Å². The predicted molar refractivity (Wildman–Crippen MR) is 56.6 cm³/mol. The molecule has 92 valence electrons. The molecule has 6 heteroatoms. The van der Waals surface area contributed by atoms with E-state index in [4.69, 9.17) is 9.47 Å². The normalized spacial score (nSPS) is 11.4. The van der Waals surface area contributed by atoms with Gasteiger partial charge in [0.1, 0.15) is 5.57 Å². The second-order valence-electron chi connectivity index (χ2n) is 2.91. The fraction of sp³-hybridized carbons (Fsp3) is 0.600. The van der Waals surface area contributed by atoms with E-state index in [-0.39, 0.29) is 11.4 Å². The number of hydrogen-bond donors (Lipinski definition) is 1. The quantitative estimate of drug-likeness (QED) is 0.216. The zero-order valence-electron chi connectivity index (χ0n) is 9.90. The average Bonchev–Trinajstić information content (AvgIpc) is 2.28. The van der Waals surface area contributed by atoms with Crippen molar-refractivity contribution in [3.63, 3.8) is 0 Å². The lowest BCUT2D eigenvalue weighted by molar-refractivity contribution is -0.137. The molecule has 0 aromatic rings. The van der Waals surface area contributed by atoms with Crippen molar-refractivity contribution in [2.75, 3.05) is 27.9 Å². The number of methoxy groups -OCH3 is 3. The Morgan fingerprint density at radius 2 is 1.81 bits per heavy atom. The minimum atomic E-state index is -0.675. The molecule has 0 atom stereocenters. The maximum Gasteiger partial charge on any atom is 0.342 e. The van der Waals surface area contributed by atoms with Gasteiger partial charge in [-0.2, -0.15) is 0 Å².